The number of hydrogen-bond donors (Lipinski definition) is 0. The van der Waals surface area contributed by atoms with Gasteiger partial charge in [-0.1, -0.05) is 67.6 Å². The van der Waals surface area contributed by atoms with E-state index in [1.165, 1.54) is 11.1 Å². The first-order valence-electron chi connectivity index (χ1n) is 9.09. The molecule has 25 heavy (non-hydrogen) atoms. The molecular formula is C21H27NO2S. The van der Waals surface area contributed by atoms with Crippen molar-refractivity contribution in [1.82, 2.24) is 4.90 Å². The Kier molecular flexibility index (Phi) is 5.60. The molecule has 0 spiro atoms. The zero-order valence-corrected chi connectivity index (χ0v) is 15.8. The Bertz CT molecular complexity index is 735. The first kappa shape index (κ1) is 18.2. The fourth-order valence-electron chi connectivity index (χ4n) is 3.85. The molecule has 0 bridgehead atoms. The molecule has 1 fully saturated rings. The number of nitrogens with zero attached hydrogens (tertiary/aromatic N) is 1. The molecule has 2 atom stereocenters. The molecular weight excluding hydrogens is 330 g/mol. The van der Waals surface area contributed by atoms with Crippen LogP contribution in [0.5, 0.6) is 0 Å². The Labute approximate surface area is 151 Å². The molecule has 3 rings (SSSR count). The van der Waals surface area contributed by atoms with Gasteiger partial charge in [-0.3, -0.25) is 4.90 Å². The van der Waals surface area contributed by atoms with Crippen LogP contribution in [-0.2, 0) is 9.84 Å². The molecule has 1 aliphatic rings. The first-order valence-corrected chi connectivity index (χ1v) is 10.9. The molecule has 2 aromatic rings. The number of sulfone groups is 1. The Morgan fingerprint density at radius 3 is 1.92 bits per heavy atom. The minimum absolute atomic E-state index is 0.0744. The lowest BCUT2D eigenvalue weighted by Crippen LogP contribution is -2.45. The third-order valence-corrected chi connectivity index (χ3v) is 7.01. The second kappa shape index (κ2) is 7.71. The summed E-state index contributed by atoms with van der Waals surface area (Å²) >= 11 is 0. The largest absolute Gasteiger partial charge is 0.286 e. The van der Waals surface area contributed by atoms with Crippen LogP contribution in [0.3, 0.4) is 0 Å². The summed E-state index contributed by atoms with van der Waals surface area (Å²) in [4.78, 5) is 2.44. The van der Waals surface area contributed by atoms with Gasteiger partial charge in [0.15, 0.2) is 9.84 Å². The van der Waals surface area contributed by atoms with Crippen LogP contribution < -0.4 is 0 Å². The van der Waals surface area contributed by atoms with Crippen molar-refractivity contribution in [3.8, 4) is 0 Å². The van der Waals surface area contributed by atoms with Gasteiger partial charge in [-0.25, -0.2) is 8.42 Å². The monoisotopic (exact) mass is 357 g/mol. The summed E-state index contributed by atoms with van der Waals surface area (Å²) in [5, 5.41) is 0. The van der Waals surface area contributed by atoms with E-state index in [1.54, 1.807) is 0 Å². The van der Waals surface area contributed by atoms with E-state index < -0.39 is 9.84 Å². The highest BCUT2D eigenvalue weighted by molar-refractivity contribution is 7.91. The summed E-state index contributed by atoms with van der Waals surface area (Å²) in [6.45, 7) is 4.39. The molecule has 0 saturated carbocycles. The van der Waals surface area contributed by atoms with E-state index in [9.17, 15) is 8.42 Å². The Balaban J connectivity index is 2.07. The van der Waals surface area contributed by atoms with Gasteiger partial charge >= 0.3 is 0 Å². The van der Waals surface area contributed by atoms with Crippen molar-refractivity contribution in [3.05, 3.63) is 71.8 Å². The molecule has 1 aliphatic heterocycles. The van der Waals surface area contributed by atoms with Gasteiger partial charge in [0.25, 0.3) is 0 Å². The van der Waals surface area contributed by atoms with E-state index >= 15 is 0 Å². The zero-order chi connectivity index (χ0) is 17.9. The second-order valence-corrected chi connectivity index (χ2v) is 9.21. The van der Waals surface area contributed by atoms with Crippen molar-refractivity contribution in [1.29, 1.82) is 0 Å². The maximum atomic E-state index is 12.1. The SMILES string of the molecule is CC[C@@H](C)N(C(c1ccccc1)c1ccccc1)[C@H]1CCS(=O)(=O)C1. The minimum Gasteiger partial charge on any atom is -0.286 e. The molecule has 3 nitrogen and oxygen atoms in total. The summed E-state index contributed by atoms with van der Waals surface area (Å²) in [5.74, 6) is 0.578. The number of benzene rings is 2. The van der Waals surface area contributed by atoms with E-state index in [4.69, 9.17) is 0 Å². The van der Waals surface area contributed by atoms with Gasteiger partial charge in [0.1, 0.15) is 0 Å². The smallest absolute Gasteiger partial charge is 0.151 e. The van der Waals surface area contributed by atoms with Crippen LogP contribution in [0, 0.1) is 0 Å². The highest BCUT2D eigenvalue weighted by Gasteiger charge is 2.38. The van der Waals surface area contributed by atoms with E-state index in [2.05, 4.69) is 67.3 Å². The molecule has 0 aromatic heterocycles. The molecule has 0 amide bonds. The summed E-state index contributed by atoms with van der Waals surface area (Å²) < 4.78 is 24.3. The van der Waals surface area contributed by atoms with Crippen LogP contribution in [-0.4, -0.2) is 36.9 Å². The van der Waals surface area contributed by atoms with Gasteiger partial charge in [0.05, 0.1) is 17.5 Å². The molecule has 1 heterocycles. The second-order valence-electron chi connectivity index (χ2n) is 6.99. The molecule has 0 radical (unpaired) electrons. The molecule has 2 aromatic carbocycles. The van der Waals surface area contributed by atoms with Crippen LogP contribution in [0.2, 0.25) is 0 Å². The Morgan fingerprint density at radius 1 is 1.00 bits per heavy atom. The van der Waals surface area contributed by atoms with Crippen molar-refractivity contribution < 1.29 is 8.42 Å². The van der Waals surface area contributed by atoms with E-state index in [-0.39, 0.29) is 17.8 Å². The van der Waals surface area contributed by atoms with Crippen molar-refractivity contribution in [3.63, 3.8) is 0 Å². The molecule has 1 saturated heterocycles. The van der Waals surface area contributed by atoms with Crippen molar-refractivity contribution in [2.45, 2.75) is 44.8 Å². The average molecular weight is 358 g/mol. The summed E-state index contributed by atoms with van der Waals surface area (Å²) in [7, 11) is -2.92. The van der Waals surface area contributed by atoms with E-state index in [1.807, 2.05) is 12.1 Å². The molecule has 0 N–H and O–H groups in total. The number of hydrogen-bond acceptors (Lipinski definition) is 3. The average Bonchev–Trinajstić information content (AvgIpc) is 2.99. The summed E-state index contributed by atoms with van der Waals surface area (Å²) in [6.07, 6.45) is 1.72. The lowest BCUT2D eigenvalue weighted by molar-refractivity contribution is 0.114. The van der Waals surface area contributed by atoms with Crippen molar-refractivity contribution >= 4 is 9.84 Å². The lowest BCUT2D eigenvalue weighted by atomic mass is 9.93. The highest BCUT2D eigenvalue weighted by atomic mass is 32.2. The third-order valence-electron chi connectivity index (χ3n) is 5.26. The minimum atomic E-state index is -2.92. The zero-order valence-electron chi connectivity index (χ0n) is 15.0. The predicted molar refractivity (Wildman–Crippen MR) is 103 cm³/mol. The van der Waals surface area contributed by atoms with E-state index in [0.29, 0.717) is 11.8 Å². The standard InChI is InChI=1S/C21H27NO2S/c1-3-17(2)22(20-14-15-25(23,24)16-20)21(18-10-6-4-7-11-18)19-12-8-5-9-13-19/h4-13,17,20-21H,3,14-16H2,1-2H3/t17-,20+/m1/s1. The molecule has 134 valence electrons. The topological polar surface area (TPSA) is 37.4 Å². The highest BCUT2D eigenvalue weighted by Crippen LogP contribution is 2.35. The van der Waals surface area contributed by atoms with Gasteiger partial charge in [-0.05, 0) is 30.9 Å². The van der Waals surface area contributed by atoms with Gasteiger partial charge in [0, 0.05) is 12.1 Å². The fourth-order valence-corrected chi connectivity index (χ4v) is 5.58. The van der Waals surface area contributed by atoms with Crippen LogP contribution in [0.15, 0.2) is 60.7 Å². The fraction of sp³-hybridized carbons (Fsp3) is 0.429. The number of rotatable bonds is 6. The van der Waals surface area contributed by atoms with Gasteiger partial charge in [-0.2, -0.15) is 0 Å². The maximum Gasteiger partial charge on any atom is 0.151 e. The maximum absolute atomic E-state index is 12.1. The van der Waals surface area contributed by atoms with Crippen LogP contribution in [0.25, 0.3) is 0 Å². The van der Waals surface area contributed by atoms with E-state index in [0.717, 1.165) is 12.8 Å². The van der Waals surface area contributed by atoms with Crippen LogP contribution in [0.4, 0.5) is 0 Å². The molecule has 0 aliphatic carbocycles. The lowest BCUT2D eigenvalue weighted by Gasteiger charge is -2.41. The van der Waals surface area contributed by atoms with Crippen LogP contribution in [0.1, 0.15) is 43.9 Å². The van der Waals surface area contributed by atoms with Crippen LogP contribution >= 0.6 is 0 Å². The summed E-state index contributed by atoms with van der Waals surface area (Å²) in [6, 6.07) is 21.4. The molecule has 4 heteroatoms. The third kappa shape index (κ3) is 4.13. The molecule has 0 unspecified atom stereocenters. The normalized spacial score (nSPS) is 20.9. The predicted octanol–water partition coefficient (Wildman–Crippen LogP) is 4.06. The Morgan fingerprint density at radius 2 is 1.52 bits per heavy atom. The quantitative estimate of drug-likeness (QED) is 0.782. The van der Waals surface area contributed by atoms with Gasteiger partial charge in [-0.15, -0.1) is 0 Å². The van der Waals surface area contributed by atoms with Crippen molar-refractivity contribution in [2.75, 3.05) is 11.5 Å². The van der Waals surface area contributed by atoms with Gasteiger partial charge in [0.2, 0.25) is 0 Å². The van der Waals surface area contributed by atoms with Crippen molar-refractivity contribution in [2.24, 2.45) is 0 Å². The van der Waals surface area contributed by atoms with Gasteiger partial charge < -0.3 is 0 Å². The summed E-state index contributed by atoms with van der Waals surface area (Å²) in [5.41, 5.74) is 2.44. The Hall–Kier alpha value is -1.65. The first-order chi connectivity index (χ1) is 12.0.